The number of aliphatic hydroxyl groups is 1. The predicted octanol–water partition coefficient (Wildman–Crippen LogP) is 3.25. The lowest BCUT2D eigenvalue weighted by Gasteiger charge is -2.42. The van der Waals surface area contributed by atoms with E-state index in [1.54, 1.807) is 17.5 Å². The minimum atomic E-state index is -3.65. The molecular formula is C23H29F3N2O5S2. The molecular weight excluding hydrogens is 505 g/mol. The number of sulfonamides is 1. The molecule has 12 heteroatoms. The summed E-state index contributed by atoms with van der Waals surface area (Å²) in [7, 11) is -3.65. The van der Waals surface area contributed by atoms with Gasteiger partial charge in [-0.25, -0.2) is 21.6 Å². The fourth-order valence-electron chi connectivity index (χ4n) is 4.38. The van der Waals surface area contributed by atoms with Gasteiger partial charge in [-0.1, -0.05) is 18.2 Å². The highest BCUT2D eigenvalue weighted by Crippen LogP contribution is 2.32. The van der Waals surface area contributed by atoms with E-state index in [1.165, 1.54) is 28.6 Å². The van der Waals surface area contributed by atoms with Crippen molar-refractivity contribution in [1.29, 1.82) is 0 Å². The Morgan fingerprint density at radius 2 is 1.97 bits per heavy atom. The van der Waals surface area contributed by atoms with E-state index in [0.29, 0.717) is 25.4 Å². The first-order valence-electron chi connectivity index (χ1n) is 11.4. The molecule has 35 heavy (non-hydrogen) atoms. The maximum absolute atomic E-state index is 13.2. The Balaban J connectivity index is 1.52. The van der Waals surface area contributed by atoms with Gasteiger partial charge in [0.15, 0.2) is 5.60 Å². The van der Waals surface area contributed by atoms with Gasteiger partial charge in [0.25, 0.3) is 16.4 Å². The lowest BCUT2D eigenvalue weighted by Crippen LogP contribution is -2.56. The van der Waals surface area contributed by atoms with Gasteiger partial charge in [-0.15, -0.1) is 11.3 Å². The maximum Gasteiger partial charge on any atom is 0.273 e. The molecule has 0 aliphatic carbocycles. The quantitative estimate of drug-likeness (QED) is 0.504. The molecule has 0 spiro atoms. The van der Waals surface area contributed by atoms with Crippen LogP contribution in [0.25, 0.3) is 0 Å². The van der Waals surface area contributed by atoms with Crippen LogP contribution in [0.3, 0.4) is 0 Å². The van der Waals surface area contributed by atoms with Crippen LogP contribution in [0.4, 0.5) is 18.9 Å². The van der Waals surface area contributed by atoms with E-state index in [9.17, 15) is 26.7 Å². The summed E-state index contributed by atoms with van der Waals surface area (Å²) >= 11 is 1.16. The zero-order chi connectivity index (χ0) is 25.1. The molecule has 1 aromatic carbocycles. The molecule has 7 nitrogen and oxygen atoms in total. The van der Waals surface area contributed by atoms with Gasteiger partial charge in [-0.2, -0.15) is 4.31 Å². The summed E-state index contributed by atoms with van der Waals surface area (Å²) in [5.74, 6) is 0. The molecule has 0 radical (unpaired) electrons. The summed E-state index contributed by atoms with van der Waals surface area (Å²) < 4.78 is 79.1. The predicted molar refractivity (Wildman–Crippen MR) is 126 cm³/mol. The third-order valence-corrected chi connectivity index (χ3v) is 9.67. The van der Waals surface area contributed by atoms with Gasteiger partial charge in [0.1, 0.15) is 10.9 Å². The number of ether oxygens (including phenoxy) is 2. The molecule has 1 N–H and O–H groups in total. The van der Waals surface area contributed by atoms with Crippen LogP contribution in [0.5, 0.6) is 0 Å². The molecule has 2 fully saturated rings. The molecule has 2 saturated heterocycles. The SMILES string of the molecule is O=S(=O)(c1cccs1)N1CCN(c2ccc(C(O)(CF)C(F)F)cc2)[C@@H](COC[C@@H]2CCCO2)C1. The van der Waals surface area contributed by atoms with Crippen molar-refractivity contribution in [3.63, 3.8) is 0 Å². The van der Waals surface area contributed by atoms with Crippen molar-refractivity contribution >= 4 is 27.0 Å². The molecule has 3 atom stereocenters. The van der Waals surface area contributed by atoms with Crippen molar-refractivity contribution in [1.82, 2.24) is 4.31 Å². The molecule has 2 aliphatic heterocycles. The molecule has 0 amide bonds. The number of hydrogen-bond donors (Lipinski definition) is 1. The molecule has 1 unspecified atom stereocenters. The van der Waals surface area contributed by atoms with E-state index in [2.05, 4.69) is 0 Å². The van der Waals surface area contributed by atoms with Crippen LogP contribution >= 0.6 is 11.3 Å². The highest BCUT2D eigenvalue weighted by Gasteiger charge is 2.40. The van der Waals surface area contributed by atoms with Gasteiger partial charge in [0.05, 0.1) is 25.4 Å². The number of piperazine rings is 1. The second kappa shape index (κ2) is 11.1. The number of thiophene rings is 1. The lowest BCUT2D eigenvalue weighted by molar-refractivity contribution is -0.114. The summed E-state index contributed by atoms with van der Waals surface area (Å²) in [5, 5.41) is 11.7. The topological polar surface area (TPSA) is 79.3 Å². The van der Waals surface area contributed by atoms with E-state index >= 15 is 0 Å². The minimum Gasteiger partial charge on any atom is -0.377 e. The standard InChI is InChI=1S/C23H29F3N2O5S2/c24-16-23(29,22(25)26)17-5-7-18(8-6-17)28-10-9-27(35(30,31)21-4-2-12-34-21)13-19(28)14-32-15-20-3-1-11-33-20/h2,4-8,12,19-20,22,29H,1,3,9-11,13-16H2/t19-,20+,23?/m1/s1. The summed E-state index contributed by atoms with van der Waals surface area (Å²) in [4.78, 5) is 1.95. The van der Waals surface area contributed by atoms with Crippen molar-refractivity contribution in [2.75, 3.05) is 51.0 Å². The van der Waals surface area contributed by atoms with Crippen molar-refractivity contribution in [3.05, 3.63) is 47.3 Å². The lowest BCUT2D eigenvalue weighted by atomic mass is 9.95. The van der Waals surface area contributed by atoms with Gasteiger partial charge in [-0.3, -0.25) is 0 Å². The van der Waals surface area contributed by atoms with Gasteiger partial charge < -0.3 is 19.5 Å². The van der Waals surface area contributed by atoms with E-state index in [1.807, 2.05) is 4.90 Å². The maximum atomic E-state index is 13.2. The van der Waals surface area contributed by atoms with Crippen LogP contribution in [-0.2, 0) is 25.1 Å². The van der Waals surface area contributed by atoms with Gasteiger partial charge in [0.2, 0.25) is 0 Å². The number of benzene rings is 1. The van der Waals surface area contributed by atoms with Crippen LogP contribution in [0, 0.1) is 0 Å². The van der Waals surface area contributed by atoms with Gasteiger partial charge in [0, 0.05) is 31.9 Å². The second-order valence-electron chi connectivity index (χ2n) is 8.72. The monoisotopic (exact) mass is 534 g/mol. The van der Waals surface area contributed by atoms with Crippen LogP contribution < -0.4 is 4.90 Å². The highest BCUT2D eigenvalue weighted by molar-refractivity contribution is 7.91. The Labute approximate surface area is 207 Å². The largest absolute Gasteiger partial charge is 0.377 e. The Kier molecular flexibility index (Phi) is 8.39. The van der Waals surface area contributed by atoms with Gasteiger partial charge >= 0.3 is 0 Å². The van der Waals surface area contributed by atoms with Crippen molar-refractivity contribution in [2.24, 2.45) is 0 Å². The first kappa shape index (κ1) is 26.4. The molecule has 1 aromatic heterocycles. The smallest absolute Gasteiger partial charge is 0.273 e. The Bertz CT molecular complexity index is 1050. The zero-order valence-corrected chi connectivity index (χ0v) is 20.7. The normalized spacial score (nSPS) is 23.6. The number of rotatable bonds is 10. The van der Waals surface area contributed by atoms with E-state index in [-0.39, 0.29) is 41.6 Å². The number of hydrogen-bond acceptors (Lipinski definition) is 7. The van der Waals surface area contributed by atoms with Crippen molar-refractivity contribution in [3.8, 4) is 0 Å². The fraction of sp³-hybridized carbons (Fsp3) is 0.565. The number of anilines is 1. The number of halogens is 3. The Morgan fingerprint density at radius 1 is 1.20 bits per heavy atom. The third kappa shape index (κ3) is 5.67. The first-order valence-corrected chi connectivity index (χ1v) is 13.7. The molecule has 2 aromatic rings. The molecule has 4 rings (SSSR count). The average Bonchev–Trinajstić information content (AvgIpc) is 3.58. The van der Waals surface area contributed by atoms with Crippen LogP contribution in [0.2, 0.25) is 0 Å². The summed E-state index contributed by atoms with van der Waals surface area (Å²) in [5.41, 5.74) is -2.44. The molecule has 2 aliphatic rings. The molecule has 0 saturated carbocycles. The van der Waals surface area contributed by atoms with Crippen LogP contribution in [-0.4, -0.2) is 82.5 Å². The zero-order valence-electron chi connectivity index (χ0n) is 19.1. The third-order valence-electron chi connectivity index (χ3n) is 6.44. The van der Waals surface area contributed by atoms with E-state index < -0.39 is 28.7 Å². The number of nitrogens with zero attached hydrogens (tertiary/aromatic N) is 2. The van der Waals surface area contributed by atoms with Crippen molar-refractivity contribution < 1.29 is 36.2 Å². The Hall–Kier alpha value is -1.70. The average molecular weight is 535 g/mol. The number of alkyl halides is 3. The fourth-order valence-corrected chi connectivity index (χ4v) is 6.99. The molecule has 194 valence electrons. The summed E-state index contributed by atoms with van der Waals surface area (Å²) in [6.45, 7) is 0.493. The highest BCUT2D eigenvalue weighted by atomic mass is 32.2. The van der Waals surface area contributed by atoms with E-state index in [0.717, 1.165) is 24.2 Å². The molecule has 3 heterocycles. The van der Waals surface area contributed by atoms with E-state index in [4.69, 9.17) is 9.47 Å². The Morgan fingerprint density at radius 3 is 2.57 bits per heavy atom. The first-order chi connectivity index (χ1) is 16.8. The van der Waals surface area contributed by atoms with Crippen LogP contribution in [0.15, 0.2) is 46.0 Å². The van der Waals surface area contributed by atoms with Crippen LogP contribution in [0.1, 0.15) is 18.4 Å². The minimum absolute atomic E-state index is 0.0185. The summed E-state index contributed by atoms with van der Waals surface area (Å²) in [6, 6.07) is 8.55. The summed E-state index contributed by atoms with van der Waals surface area (Å²) in [6.07, 6.45) is -1.36. The second-order valence-corrected chi connectivity index (χ2v) is 11.8. The van der Waals surface area contributed by atoms with Gasteiger partial charge in [-0.05, 0) is 42.0 Å². The molecule has 0 bridgehead atoms. The van der Waals surface area contributed by atoms with Crippen molar-refractivity contribution in [2.45, 2.75) is 41.2 Å².